The molecule has 44 nitrogen and oxygen atoms in total. The Kier molecular flexibility index (Phi) is 53.0. The molecule has 0 aromatic heterocycles. The van der Waals surface area contributed by atoms with Gasteiger partial charge in [-0.05, 0) is 90.0 Å². The number of hydrogen-bond acceptors (Lipinski definition) is 32. The summed E-state index contributed by atoms with van der Waals surface area (Å²) in [5.41, 5.74) is 0. The molecule has 4 fully saturated rings. The van der Waals surface area contributed by atoms with E-state index in [1.165, 1.54) is 27.7 Å². The Balaban J connectivity index is 0.000000807. The van der Waals surface area contributed by atoms with Gasteiger partial charge in [-0.25, -0.2) is 0 Å². The number of carboxylic acids is 12. The number of carboxylic acid groups (broad SMARTS) is 12. The van der Waals surface area contributed by atoms with Gasteiger partial charge in [-0.15, -0.1) is 0 Å². The van der Waals surface area contributed by atoms with Crippen molar-refractivity contribution in [3.8, 4) is 0 Å². The van der Waals surface area contributed by atoms with Gasteiger partial charge in [0.05, 0.1) is 63.9 Å². The smallest absolute Gasteiger partial charge is 0.320 e. The molecule has 9 atom stereocenters. The molecular weight excluding hydrogens is 1600 g/mol. The molecule has 0 aromatic rings. The minimum absolute atomic E-state index is 0.0145. The Morgan fingerprint density at radius 2 is 0.273 bits per heavy atom. The SMILES string of the molecule is CC(=O)C(C)N1CCN(C(C)C(=O)O)CCN(C(C)C(=O)O)CCN(C(C)C(=O)O)CC1.CC(=O)C(C)N1CCN(CC(=O)O)CCN(C(C)C(=O)O)CCN(CC(=O)O)CC1.CC(=O)C(C)N1CCN(CC(=O)O)CCN(CC(=O)O)CCN(CC(=O)O)CC1.CC(=O)CN1CCN(C(C)C(=O)O)CCN(CC(=O)O)CCN(C(C)C(=O)O)CC1. The van der Waals surface area contributed by atoms with E-state index in [0.717, 1.165) is 0 Å². The van der Waals surface area contributed by atoms with Crippen LogP contribution in [0, 0.1) is 0 Å². The fourth-order valence-electron chi connectivity index (χ4n) is 13.8. The summed E-state index contributed by atoms with van der Waals surface area (Å²) >= 11 is 0. The summed E-state index contributed by atoms with van der Waals surface area (Å²) in [6, 6.07) is -5.71. The van der Waals surface area contributed by atoms with Gasteiger partial charge in [-0.3, -0.25) is 155 Å². The lowest BCUT2D eigenvalue weighted by Gasteiger charge is -2.38. The summed E-state index contributed by atoms with van der Waals surface area (Å²) in [5, 5.41) is 112. The Labute approximate surface area is 708 Å². The molecule has 0 bridgehead atoms. The standard InChI is InChI=1S/C21H38N4O7.2C19H34N4O7.C18H32N4O7/c1-14(18(5)26)22-6-8-23(15(2)19(27)28)10-12-25(17(4)21(31)32)13-11-24(9-7-22)16(3)20(29)30;1-14(16(3)24)22-8-4-20(12-17(25)26)6-10-23(15(2)19(29)30)11-7-21(5-9-22)13-18(27)28;1-14(24)12-20-4-8-22(15(2)18(27)28)10-6-21(13-17(25)26)7-11-23(9-5-20)16(3)19(29)30;1-14(15(2)23)22-9-7-20(12-17(26)27)5-3-19(11-16(24)25)4-6-21(8-10-22)13-18(28)29/h14-17H,6-13H2,1-5H3,(H,27,28)(H,29,30)(H,31,32);14-15H,4-13H2,1-3H3,(H,25,26)(H,27,28)(H,29,30);15-16H,4-13H2,1-3H3,(H,25,26)(H,27,28)(H,29,30);14H,3-13H2,1-2H3,(H,24,25)(H,26,27)(H,28,29). The molecule has 0 saturated carbocycles. The summed E-state index contributed by atoms with van der Waals surface area (Å²) in [6.45, 7) is 32.2. The fraction of sp³-hybridized carbons (Fsp3) is 0.792. The highest BCUT2D eigenvalue weighted by atomic mass is 16.4. The molecule has 4 heterocycles. The third-order valence-corrected chi connectivity index (χ3v) is 22.6. The number of ketones is 4. The highest BCUT2D eigenvalue weighted by Gasteiger charge is 2.34. The summed E-state index contributed by atoms with van der Waals surface area (Å²) in [7, 11) is 0. The maximum Gasteiger partial charge on any atom is 0.320 e. The highest BCUT2D eigenvalue weighted by molar-refractivity contribution is 5.82. The van der Waals surface area contributed by atoms with E-state index in [2.05, 4.69) is 0 Å². The maximum atomic E-state index is 12.0. The van der Waals surface area contributed by atoms with Crippen LogP contribution < -0.4 is 0 Å². The molecule has 44 heteroatoms. The Bertz CT molecular complexity index is 2930. The van der Waals surface area contributed by atoms with E-state index >= 15 is 0 Å². The van der Waals surface area contributed by atoms with E-state index in [1.807, 2.05) is 19.6 Å². The number of aliphatic carboxylic acids is 12. The van der Waals surface area contributed by atoms with Crippen molar-refractivity contribution < 1.29 is 138 Å². The van der Waals surface area contributed by atoms with Crippen molar-refractivity contribution in [2.45, 2.75) is 144 Å². The molecule has 4 aliphatic heterocycles. The lowest BCUT2D eigenvalue weighted by Crippen LogP contribution is -2.54. The Morgan fingerprint density at radius 3 is 0.372 bits per heavy atom. The number of Topliss-reactive ketones (excluding diaryl/α,β-unsaturated/α-hetero) is 4. The minimum atomic E-state index is -0.995. The first kappa shape index (κ1) is 111. The van der Waals surface area contributed by atoms with Crippen LogP contribution in [-0.4, -0.2) is 544 Å². The molecule has 9 unspecified atom stereocenters. The first-order valence-corrected chi connectivity index (χ1v) is 40.9. The van der Waals surface area contributed by atoms with Crippen molar-refractivity contribution in [1.82, 2.24) is 78.4 Å². The molecule has 4 saturated heterocycles. The summed E-state index contributed by atoms with van der Waals surface area (Å²) in [6.07, 6.45) is 0. The van der Waals surface area contributed by atoms with Gasteiger partial charge in [0.2, 0.25) is 0 Å². The van der Waals surface area contributed by atoms with Crippen LogP contribution in [-0.2, 0) is 76.7 Å². The van der Waals surface area contributed by atoms with Crippen LogP contribution in [0.1, 0.15) is 90.0 Å². The average Bonchev–Trinajstić information content (AvgIpc) is 0.844. The Morgan fingerprint density at radius 1 is 0.174 bits per heavy atom. The molecule has 121 heavy (non-hydrogen) atoms. The number of carbonyl (C=O) groups excluding carboxylic acids is 4. The summed E-state index contributed by atoms with van der Waals surface area (Å²) in [5.74, 6) is -11.8. The van der Waals surface area contributed by atoms with Crippen molar-refractivity contribution in [2.75, 3.05) is 255 Å². The van der Waals surface area contributed by atoms with E-state index in [0.29, 0.717) is 209 Å². The molecule has 12 N–H and O–H groups in total. The highest BCUT2D eigenvalue weighted by Crippen LogP contribution is 2.15. The van der Waals surface area contributed by atoms with E-state index < -0.39 is 108 Å². The third kappa shape index (κ3) is 45.6. The second kappa shape index (κ2) is 57.9. The summed E-state index contributed by atoms with van der Waals surface area (Å²) < 4.78 is 0. The maximum absolute atomic E-state index is 12.0. The van der Waals surface area contributed by atoms with E-state index in [1.54, 1.807) is 121 Å². The van der Waals surface area contributed by atoms with Crippen LogP contribution >= 0.6 is 0 Å². The van der Waals surface area contributed by atoms with Gasteiger partial charge in [0.15, 0.2) is 0 Å². The predicted octanol–water partition coefficient (Wildman–Crippen LogP) is -4.30. The fourth-order valence-corrected chi connectivity index (χ4v) is 13.8. The number of carbonyl (C=O) groups is 16. The third-order valence-electron chi connectivity index (χ3n) is 22.6. The van der Waals surface area contributed by atoms with Crippen molar-refractivity contribution in [3.63, 3.8) is 0 Å². The van der Waals surface area contributed by atoms with E-state index in [-0.39, 0.29) is 87.1 Å². The molecule has 4 aliphatic rings. The monoisotopic (exact) mass is 1730 g/mol. The zero-order valence-electron chi connectivity index (χ0n) is 72.8. The van der Waals surface area contributed by atoms with E-state index in [4.69, 9.17) is 15.3 Å². The van der Waals surface area contributed by atoms with Crippen LogP contribution in [0.3, 0.4) is 0 Å². The van der Waals surface area contributed by atoms with Crippen LogP contribution in [0.15, 0.2) is 0 Å². The van der Waals surface area contributed by atoms with Crippen molar-refractivity contribution >= 4 is 94.8 Å². The Hall–Kier alpha value is -8.32. The zero-order valence-corrected chi connectivity index (χ0v) is 72.8. The normalized spacial score (nSPS) is 21.4. The first-order chi connectivity index (χ1) is 56.5. The molecule has 694 valence electrons. The molecule has 0 spiro atoms. The van der Waals surface area contributed by atoms with Gasteiger partial charge in [-0.2, -0.15) is 0 Å². The number of nitrogens with zero attached hydrogens (tertiary/aromatic N) is 16. The van der Waals surface area contributed by atoms with Gasteiger partial charge < -0.3 is 61.3 Å². The molecular formula is C77H138N16O28. The van der Waals surface area contributed by atoms with Crippen LogP contribution in [0.5, 0.6) is 0 Å². The van der Waals surface area contributed by atoms with Crippen LogP contribution in [0.4, 0.5) is 0 Å². The predicted molar refractivity (Wildman–Crippen MR) is 439 cm³/mol. The first-order valence-electron chi connectivity index (χ1n) is 40.9. The lowest BCUT2D eigenvalue weighted by atomic mass is 10.1. The average molecular weight is 1740 g/mol. The minimum Gasteiger partial charge on any atom is -0.480 e. The van der Waals surface area contributed by atoms with Gasteiger partial charge >= 0.3 is 71.6 Å². The quantitative estimate of drug-likeness (QED) is 0.0303. The van der Waals surface area contributed by atoms with Gasteiger partial charge in [0.25, 0.3) is 0 Å². The molecule has 0 aromatic carbocycles. The molecule has 0 aliphatic carbocycles. The second-order valence-corrected chi connectivity index (χ2v) is 31.3. The van der Waals surface area contributed by atoms with E-state index in [9.17, 15) is 123 Å². The van der Waals surface area contributed by atoms with Gasteiger partial charge in [0.1, 0.15) is 59.4 Å². The number of rotatable bonds is 32. The second-order valence-electron chi connectivity index (χ2n) is 31.3. The lowest BCUT2D eigenvalue weighted by molar-refractivity contribution is -0.146. The number of hydrogen-bond donors (Lipinski definition) is 12. The zero-order chi connectivity index (χ0) is 92.2. The van der Waals surface area contributed by atoms with Crippen molar-refractivity contribution in [1.29, 1.82) is 0 Å². The van der Waals surface area contributed by atoms with Crippen LogP contribution in [0.2, 0.25) is 0 Å². The van der Waals surface area contributed by atoms with Gasteiger partial charge in [-0.1, -0.05) is 0 Å². The van der Waals surface area contributed by atoms with Crippen molar-refractivity contribution in [2.24, 2.45) is 0 Å². The topological polar surface area (TPSA) is 568 Å². The molecule has 4 rings (SSSR count). The van der Waals surface area contributed by atoms with Gasteiger partial charge in [0, 0.05) is 209 Å². The summed E-state index contributed by atoms with van der Waals surface area (Å²) in [4.78, 5) is 213. The molecule has 0 radical (unpaired) electrons. The molecule has 0 amide bonds. The largest absolute Gasteiger partial charge is 0.480 e. The van der Waals surface area contributed by atoms with Crippen molar-refractivity contribution in [3.05, 3.63) is 0 Å². The van der Waals surface area contributed by atoms with Crippen LogP contribution in [0.25, 0.3) is 0 Å².